The lowest BCUT2D eigenvalue weighted by atomic mass is 9.98. The van der Waals surface area contributed by atoms with E-state index < -0.39 is 39.4 Å². The molecule has 0 heterocycles. The number of carbonyl (C=O) groups is 1. The van der Waals surface area contributed by atoms with Crippen molar-refractivity contribution in [3.05, 3.63) is 40.4 Å². The van der Waals surface area contributed by atoms with Gasteiger partial charge in [0.05, 0.1) is 18.6 Å². The number of aryl methyl sites for hydroxylation is 1. The van der Waals surface area contributed by atoms with E-state index in [2.05, 4.69) is 4.18 Å². The topological polar surface area (TPSA) is 89.9 Å². The third-order valence-corrected chi connectivity index (χ3v) is 4.67. The highest BCUT2D eigenvalue weighted by molar-refractivity contribution is 7.88. The lowest BCUT2D eigenvalue weighted by Gasteiger charge is -2.17. The molecule has 0 aliphatic rings. The van der Waals surface area contributed by atoms with Crippen LogP contribution in [0.4, 0.5) is 13.2 Å². The number of esters is 1. The first-order valence-electron chi connectivity index (χ1n) is 9.06. The average Bonchev–Trinajstić information content (AvgIpc) is 2.55. The molecule has 6 nitrogen and oxygen atoms in total. The molecule has 0 spiro atoms. The van der Waals surface area contributed by atoms with Gasteiger partial charge in [-0.05, 0) is 63.8 Å². The van der Waals surface area contributed by atoms with E-state index >= 15 is 0 Å². The zero-order valence-corrected chi connectivity index (χ0v) is 19.2. The fourth-order valence-electron chi connectivity index (χ4n) is 2.35. The van der Waals surface area contributed by atoms with Crippen LogP contribution in [0.15, 0.2) is 24.3 Å². The second-order valence-corrected chi connectivity index (χ2v) is 9.48. The van der Waals surface area contributed by atoms with E-state index in [1.165, 1.54) is 25.1 Å². The zero-order chi connectivity index (χ0) is 24.2. The first kappa shape index (κ1) is 27.0. The van der Waals surface area contributed by atoms with Crippen LogP contribution in [0.2, 0.25) is 5.02 Å². The summed E-state index contributed by atoms with van der Waals surface area (Å²) in [5.74, 6) is -1.29. The highest BCUT2D eigenvalue weighted by atomic mass is 35.5. The molecule has 0 aliphatic heterocycles. The van der Waals surface area contributed by atoms with E-state index in [-0.39, 0.29) is 17.6 Å². The molecule has 0 atom stereocenters. The van der Waals surface area contributed by atoms with Gasteiger partial charge in [0.1, 0.15) is 0 Å². The predicted octanol–water partition coefficient (Wildman–Crippen LogP) is 4.91. The third-order valence-electron chi connectivity index (χ3n) is 3.48. The number of hydrogen-bond acceptors (Lipinski definition) is 6. The van der Waals surface area contributed by atoms with E-state index in [1.807, 2.05) is 0 Å². The minimum Gasteiger partial charge on any atom is -0.466 e. The number of alkyl halides is 3. The van der Waals surface area contributed by atoms with Crippen LogP contribution in [0, 0.1) is 6.92 Å². The van der Waals surface area contributed by atoms with Gasteiger partial charge >= 0.3 is 21.6 Å². The van der Waals surface area contributed by atoms with Gasteiger partial charge in [0.2, 0.25) is 0 Å². The Kier molecular flexibility index (Phi) is 8.75. The summed E-state index contributed by atoms with van der Waals surface area (Å²) < 4.78 is 70.6. The van der Waals surface area contributed by atoms with Gasteiger partial charge in [-0.2, -0.15) is 21.6 Å². The second kappa shape index (κ2) is 10.1. The molecular weight excluding hydrogens is 461 g/mol. The molecule has 2 rings (SSSR count). The normalized spacial score (nSPS) is 12.2. The first-order chi connectivity index (χ1) is 14.0. The van der Waals surface area contributed by atoms with Crippen LogP contribution in [0.25, 0.3) is 10.8 Å². The Bertz CT molecular complexity index is 1040. The van der Waals surface area contributed by atoms with Crippen molar-refractivity contribution in [3.8, 4) is 5.75 Å². The van der Waals surface area contributed by atoms with Crippen LogP contribution >= 0.6 is 11.6 Å². The molecule has 0 aromatic heterocycles. The van der Waals surface area contributed by atoms with Crippen molar-refractivity contribution in [2.75, 3.05) is 6.61 Å². The Morgan fingerprint density at radius 2 is 1.71 bits per heavy atom. The predicted molar refractivity (Wildman–Crippen MR) is 112 cm³/mol. The van der Waals surface area contributed by atoms with Gasteiger partial charge in [0, 0.05) is 16.0 Å². The number of ether oxygens (including phenoxy) is 1. The summed E-state index contributed by atoms with van der Waals surface area (Å²) in [5, 5.41) is 9.27. The van der Waals surface area contributed by atoms with Gasteiger partial charge in [0.25, 0.3) is 0 Å². The number of fused-ring (bicyclic) bond motifs is 1. The SMILES string of the molecule is CC(C)(C)O.CCOC(=O)Cc1c(C)cc2cc(Cl)ccc2c1OS(=O)(=O)C(F)(F)F. The third kappa shape index (κ3) is 8.19. The molecule has 0 unspecified atom stereocenters. The molecule has 0 aliphatic carbocycles. The molecular formula is C20H24ClF3O6S. The Morgan fingerprint density at radius 3 is 2.19 bits per heavy atom. The highest BCUT2D eigenvalue weighted by Gasteiger charge is 2.49. The Hall–Kier alpha value is -2.04. The molecule has 0 saturated carbocycles. The molecule has 2 aromatic rings. The van der Waals surface area contributed by atoms with Crippen molar-refractivity contribution >= 4 is 38.5 Å². The van der Waals surface area contributed by atoms with Crippen LogP contribution in [0.3, 0.4) is 0 Å². The molecule has 1 N–H and O–H groups in total. The maximum Gasteiger partial charge on any atom is 0.534 e. The highest BCUT2D eigenvalue weighted by Crippen LogP contribution is 2.38. The van der Waals surface area contributed by atoms with E-state index in [0.717, 1.165) is 0 Å². The van der Waals surface area contributed by atoms with Crippen LogP contribution in [-0.4, -0.2) is 37.2 Å². The van der Waals surface area contributed by atoms with Gasteiger partial charge in [-0.15, -0.1) is 0 Å². The number of aliphatic hydroxyl groups is 1. The van der Waals surface area contributed by atoms with E-state index in [9.17, 15) is 26.4 Å². The van der Waals surface area contributed by atoms with Crippen molar-refractivity contribution in [1.29, 1.82) is 0 Å². The van der Waals surface area contributed by atoms with E-state index in [1.54, 1.807) is 33.8 Å². The van der Waals surface area contributed by atoms with E-state index in [0.29, 0.717) is 16.0 Å². The molecule has 11 heteroatoms. The molecule has 0 radical (unpaired) electrons. The molecule has 31 heavy (non-hydrogen) atoms. The lowest BCUT2D eigenvalue weighted by Crippen LogP contribution is -2.28. The number of hydrogen-bond donors (Lipinski definition) is 1. The smallest absolute Gasteiger partial charge is 0.466 e. The van der Waals surface area contributed by atoms with Crippen molar-refractivity contribution in [2.24, 2.45) is 0 Å². The van der Waals surface area contributed by atoms with Gasteiger partial charge in [0.15, 0.2) is 5.75 Å². The summed E-state index contributed by atoms with van der Waals surface area (Å²) in [6.45, 7) is 8.38. The van der Waals surface area contributed by atoms with Gasteiger partial charge in [-0.1, -0.05) is 17.7 Å². The van der Waals surface area contributed by atoms with Crippen LogP contribution in [0.5, 0.6) is 5.75 Å². The maximum atomic E-state index is 12.8. The van der Waals surface area contributed by atoms with Gasteiger partial charge in [-0.3, -0.25) is 4.79 Å². The van der Waals surface area contributed by atoms with Crippen LogP contribution in [0.1, 0.15) is 38.8 Å². The lowest BCUT2D eigenvalue weighted by molar-refractivity contribution is -0.142. The molecule has 2 aromatic carbocycles. The van der Waals surface area contributed by atoms with Crippen molar-refractivity contribution < 1.29 is 40.4 Å². The monoisotopic (exact) mass is 484 g/mol. The Balaban J connectivity index is 0.000000861. The number of halogens is 4. The fraction of sp³-hybridized carbons (Fsp3) is 0.450. The summed E-state index contributed by atoms with van der Waals surface area (Å²) in [4.78, 5) is 11.8. The largest absolute Gasteiger partial charge is 0.534 e. The number of benzene rings is 2. The summed E-state index contributed by atoms with van der Waals surface area (Å²) in [6.07, 6.45) is -0.444. The summed E-state index contributed by atoms with van der Waals surface area (Å²) >= 11 is 5.88. The average molecular weight is 485 g/mol. The second-order valence-electron chi connectivity index (χ2n) is 7.50. The minimum atomic E-state index is -5.92. The van der Waals surface area contributed by atoms with Crippen molar-refractivity contribution in [1.82, 2.24) is 0 Å². The van der Waals surface area contributed by atoms with E-state index in [4.69, 9.17) is 21.4 Å². The minimum absolute atomic E-state index is 0.00824. The fourth-order valence-corrected chi connectivity index (χ4v) is 3.03. The molecule has 0 fully saturated rings. The summed E-state index contributed by atoms with van der Waals surface area (Å²) in [7, 11) is -5.92. The molecule has 0 amide bonds. The Morgan fingerprint density at radius 1 is 1.16 bits per heavy atom. The Labute approximate surface area is 184 Å². The summed E-state index contributed by atoms with van der Waals surface area (Å²) in [5.41, 5.74) is -5.76. The number of rotatable bonds is 5. The van der Waals surface area contributed by atoms with Crippen molar-refractivity contribution in [3.63, 3.8) is 0 Å². The van der Waals surface area contributed by atoms with Gasteiger partial charge in [-0.25, -0.2) is 0 Å². The number of carbonyl (C=O) groups excluding carboxylic acids is 1. The van der Waals surface area contributed by atoms with Crippen LogP contribution in [-0.2, 0) is 26.1 Å². The maximum absolute atomic E-state index is 12.8. The summed E-state index contributed by atoms with van der Waals surface area (Å²) in [6, 6.07) is 5.72. The van der Waals surface area contributed by atoms with Gasteiger partial charge < -0.3 is 14.0 Å². The molecule has 174 valence electrons. The quantitative estimate of drug-likeness (QED) is 0.368. The van der Waals surface area contributed by atoms with Crippen molar-refractivity contribution in [2.45, 2.75) is 52.1 Å². The molecule has 0 bridgehead atoms. The first-order valence-corrected chi connectivity index (χ1v) is 10.9. The van der Waals surface area contributed by atoms with Crippen LogP contribution < -0.4 is 4.18 Å². The zero-order valence-electron chi connectivity index (χ0n) is 17.6. The standard InChI is InChI=1S/C16H14ClF3O5S.C4H10O/c1-3-24-14(21)8-13-9(2)6-10-7-11(17)4-5-12(10)15(13)25-26(22,23)16(18,19)20;1-4(2,3)5/h4-7H,3,8H2,1-2H3;5H,1-3H3. The molecule has 0 saturated heterocycles.